The molecule has 0 fully saturated rings. The van der Waals surface area contributed by atoms with Crippen LogP contribution in [0.3, 0.4) is 0 Å². The van der Waals surface area contributed by atoms with Gasteiger partial charge < -0.3 is 25.6 Å². The highest BCUT2D eigenvalue weighted by atomic mass is 32.1. The number of aromatic nitrogens is 2. The fourth-order valence-electron chi connectivity index (χ4n) is 5.36. The lowest BCUT2D eigenvalue weighted by Crippen LogP contribution is -2.42. The van der Waals surface area contributed by atoms with E-state index in [-0.39, 0.29) is 59.9 Å². The molecule has 0 saturated carbocycles. The molecule has 2 aromatic heterocycles. The number of benzene rings is 1. The van der Waals surface area contributed by atoms with E-state index in [9.17, 15) is 19.2 Å². The number of hydrogen-bond acceptors (Lipinski definition) is 10. The molecule has 4 rings (SSSR count). The van der Waals surface area contributed by atoms with Crippen LogP contribution in [0.25, 0.3) is 0 Å². The molecule has 1 aliphatic heterocycles. The molecule has 0 spiro atoms. The number of likely N-dealkylation sites (N-methyl/N-ethyl adjacent to an activating group) is 1. The summed E-state index contributed by atoms with van der Waals surface area (Å²) in [7, 11) is 3.49. The molecule has 4 bridgehead atoms. The Bertz CT molecular complexity index is 1500. The smallest absolute Gasteiger partial charge is 0.271 e. The highest BCUT2D eigenvalue weighted by molar-refractivity contribution is 7.10. The van der Waals surface area contributed by atoms with Crippen molar-refractivity contribution in [3.8, 4) is 0 Å². The zero-order valence-corrected chi connectivity index (χ0v) is 29.8. The Morgan fingerprint density at radius 3 is 2.33 bits per heavy atom. The van der Waals surface area contributed by atoms with Gasteiger partial charge >= 0.3 is 0 Å². The molecule has 3 heterocycles. The number of carbonyl (C=O) groups excluding carboxylic acids is 4. The van der Waals surface area contributed by atoms with Gasteiger partial charge in [0.05, 0.1) is 25.2 Å². The maximum atomic E-state index is 13.5. The first-order valence-corrected chi connectivity index (χ1v) is 18.2. The van der Waals surface area contributed by atoms with E-state index in [1.54, 1.807) is 22.8 Å². The van der Waals surface area contributed by atoms with Gasteiger partial charge in [-0.05, 0) is 44.2 Å². The second-order valence-corrected chi connectivity index (χ2v) is 14.2. The second-order valence-electron chi connectivity index (χ2n) is 12.4. The Hall–Kier alpha value is -3.72. The van der Waals surface area contributed by atoms with E-state index in [1.165, 1.54) is 22.7 Å². The Morgan fingerprint density at radius 2 is 1.65 bits per heavy atom. The van der Waals surface area contributed by atoms with Crippen LogP contribution >= 0.6 is 22.7 Å². The van der Waals surface area contributed by atoms with Crippen LogP contribution in [0.15, 0.2) is 41.1 Å². The quantitative estimate of drug-likeness (QED) is 0.306. The van der Waals surface area contributed by atoms with Crippen molar-refractivity contribution in [1.29, 1.82) is 0 Å². The summed E-state index contributed by atoms with van der Waals surface area (Å²) in [6.07, 6.45) is 2.40. The third-order valence-electron chi connectivity index (χ3n) is 7.89. The lowest BCUT2D eigenvalue weighted by atomic mass is 10.0. The summed E-state index contributed by atoms with van der Waals surface area (Å²) in [5.74, 6) is -0.565. The minimum atomic E-state index is -0.488. The number of nitrogens with one attached hydrogen (secondary N) is 3. The number of carbonyl (C=O) groups is 4. The molecule has 3 aromatic rings. The molecule has 1 aliphatic rings. The molecule has 14 heteroatoms. The molecule has 3 N–H and O–H groups in total. The number of ether oxygens (including phenoxy) is 1. The first-order valence-electron chi connectivity index (χ1n) is 16.4. The first-order chi connectivity index (χ1) is 23.1. The first kappa shape index (κ1) is 37.1. The van der Waals surface area contributed by atoms with Crippen LogP contribution < -0.4 is 16.0 Å². The van der Waals surface area contributed by atoms with Crippen LogP contribution in [-0.4, -0.2) is 96.9 Å². The molecule has 2 atom stereocenters. The SMILES string of the molecule is COCCN(C)CC(=O)N1CCCNC(=O)c2csc(n2)[C@H](Cc2ccccc2)NC(=O)c2csc(n2)[C@H](CC(C)C)NC(=O)CCC1. The van der Waals surface area contributed by atoms with Gasteiger partial charge in [0.1, 0.15) is 21.4 Å². The third kappa shape index (κ3) is 11.5. The van der Waals surface area contributed by atoms with Crippen molar-refractivity contribution in [2.75, 3.05) is 53.5 Å². The fourth-order valence-corrected chi connectivity index (χ4v) is 7.07. The Balaban J connectivity index is 1.58. The van der Waals surface area contributed by atoms with Gasteiger partial charge in [0.15, 0.2) is 0 Å². The minimum absolute atomic E-state index is 0.0440. The van der Waals surface area contributed by atoms with E-state index < -0.39 is 6.04 Å². The number of thiazole rings is 2. The van der Waals surface area contributed by atoms with E-state index in [1.807, 2.05) is 42.3 Å². The van der Waals surface area contributed by atoms with Crippen molar-refractivity contribution < 1.29 is 23.9 Å². The van der Waals surface area contributed by atoms with Crippen LogP contribution in [0, 0.1) is 5.92 Å². The zero-order valence-electron chi connectivity index (χ0n) is 28.2. The largest absolute Gasteiger partial charge is 0.383 e. The topological polar surface area (TPSA) is 146 Å². The second kappa shape index (κ2) is 18.7. The van der Waals surface area contributed by atoms with Gasteiger partial charge in [0.2, 0.25) is 11.8 Å². The molecular formula is C34H47N7O5S2. The van der Waals surface area contributed by atoms with E-state index in [2.05, 4.69) is 39.8 Å². The highest BCUT2D eigenvalue weighted by Gasteiger charge is 2.26. The van der Waals surface area contributed by atoms with Gasteiger partial charge in [-0.3, -0.25) is 24.1 Å². The van der Waals surface area contributed by atoms with Crippen molar-refractivity contribution in [2.24, 2.45) is 5.92 Å². The Morgan fingerprint density at radius 1 is 0.979 bits per heavy atom. The highest BCUT2D eigenvalue weighted by Crippen LogP contribution is 2.27. The summed E-state index contributed by atoms with van der Waals surface area (Å²) < 4.78 is 5.14. The molecule has 0 radical (unpaired) electrons. The van der Waals surface area contributed by atoms with E-state index in [4.69, 9.17) is 4.74 Å². The predicted octanol–water partition coefficient (Wildman–Crippen LogP) is 3.84. The number of hydrogen-bond donors (Lipinski definition) is 3. The maximum absolute atomic E-state index is 13.5. The summed E-state index contributed by atoms with van der Waals surface area (Å²) in [5.41, 5.74) is 1.55. The van der Waals surface area contributed by atoms with Crippen molar-refractivity contribution >= 4 is 46.3 Å². The fraction of sp³-hybridized carbons (Fsp3) is 0.529. The van der Waals surface area contributed by atoms with Crippen LogP contribution in [-0.2, 0) is 20.7 Å². The van der Waals surface area contributed by atoms with Crippen LogP contribution in [0.1, 0.15) is 88.2 Å². The molecule has 0 unspecified atom stereocenters. The molecular weight excluding hydrogens is 651 g/mol. The van der Waals surface area contributed by atoms with Crippen molar-refractivity contribution in [1.82, 2.24) is 35.7 Å². The average molecular weight is 698 g/mol. The standard InChI is InChI=1S/C34H47N7O5S2/c1-23(2)18-25-33-39-28(22-48-33)32(45)37-26(19-24-10-6-5-7-11-24)34-38-27(21-47-34)31(44)35-13-9-15-41(14-8-12-29(42)36-25)30(43)20-40(3)16-17-46-4/h5-7,10-11,21-23,25-26H,8-9,12-20H2,1-4H3,(H,35,44)(H,36,42)(H,37,45)/t25-,26-/m0/s1. The summed E-state index contributed by atoms with van der Waals surface area (Å²) in [5, 5.41) is 13.8. The normalized spacial score (nSPS) is 18.6. The van der Waals surface area contributed by atoms with E-state index in [0.29, 0.717) is 68.5 Å². The maximum Gasteiger partial charge on any atom is 0.271 e. The molecule has 260 valence electrons. The van der Waals surface area contributed by atoms with Crippen LogP contribution in [0.2, 0.25) is 0 Å². The van der Waals surface area contributed by atoms with Crippen LogP contribution in [0.5, 0.6) is 0 Å². The third-order valence-corrected chi connectivity index (χ3v) is 9.81. The summed E-state index contributed by atoms with van der Waals surface area (Å²) in [4.78, 5) is 66.0. The minimum Gasteiger partial charge on any atom is -0.383 e. The van der Waals surface area contributed by atoms with E-state index in [0.717, 1.165) is 5.56 Å². The molecule has 48 heavy (non-hydrogen) atoms. The number of fused-ring (bicyclic) bond motifs is 4. The molecule has 1 aromatic carbocycles. The van der Waals surface area contributed by atoms with Crippen LogP contribution in [0.4, 0.5) is 0 Å². The number of rotatable bonds is 9. The van der Waals surface area contributed by atoms with Gasteiger partial charge in [-0.25, -0.2) is 9.97 Å². The van der Waals surface area contributed by atoms with Gasteiger partial charge in [-0.2, -0.15) is 0 Å². The Kier molecular flexibility index (Phi) is 14.5. The lowest BCUT2D eigenvalue weighted by Gasteiger charge is -2.26. The van der Waals surface area contributed by atoms with E-state index >= 15 is 0 Å². The summed E-state index contributed by atoms with van der Waals surface area (Å²) >= 11 is 2.66. The average Bonchev–Trinajstić information content (AvgIpc) is 3.75. The summed E-state index contributed by atoms with van der Waals surface area (Å²) in [6.45, 7) is 6.71. The van der Waals surface area contributed by atoms with Crippen molar-refractivity contribution in [2.45, 2.75) is 58.0 Å². The van der Waals surface area contributed by atoms with Crippen molar-refractivity contribution in [3.63, 3.8) is 0 Å². The number of methoxy groups -OCH3 is 1. The molecule has 0 saturated heterocycles. The number of nitrogens with zero attached hydrogens (tertiary/aromatic N) is 4. The van der Waals surface area contributed by atoms with Gasteiger partial charge in [-0.15, -0.1) is 22.7 Å². The lowest BCUT2D eigenvalue weighted by molar-refractivity contribution is -0.133. The van der Waals surface area contributed by atoms with Crippen molar-refractivity contribution in [3.05, 3.63) is 68.1 Å². The van der Waals surface area contributed by atoms with Gasteiger partial charge in [0, 0.05) is 50.5 Å². The molecule has 12 nitrogen and oxygen atoms in total. The summed E-state index contributed by atoms with van der Waals surface area (Å²) in [6, 6.07) is 8.95. The number of amides is 4. The Labute approximate surface area is 290 Å². The van der Waals surface area contributed by atoms with Gasteiger partial charge in [-0.1, -0.05) is 44.2 Å². The predicted molar refractivity (Wildman–Crippen MR) is 187 cm³/mol. The monoisotopic (exact) mass is 697 g/mol. The molecule has 0 aliphatic carbocycles. The zero-order chi connectivity index (χ0) is 34.5. The molecule has 4 amide bonds. The van der Waals surface area contributed by atoms with Gasteiger partial charge in [0.25, 0.3) is 11.8 Å².